The van der Waals surface area contributed by atoms with Crippen molar-refractivity contribution in [1.29, 1.82) is 10.5 Å². The lowest BCUT2D eigenvalue weighted by atomic mass is 10.0. The van der Waals surface area contributed by atoms with Crippen LogP contribution in [0.25, 0.3) is 0 Å². The van der Waals surface area contributed by atoms with Crippen LogP contribution < -0.4 is 9.47 Å². The maximum absolute atomic E-state index is 9.03. The zero-order valence-corrected chi connectivity index (χ0v) is 13.6. The van der Waals surface area contributed by atoms with Crippen LogP contribution >= 0.6 is 0 Å². The number of allylic oxidation sites excluding steroid dienone is 6. The molecule has 0 amide bonds. The molecule has 3 rings (SSSR count). The van der Waals surface area contributed by atoms with Crippen molar-refractivity contribution in [3.05, 3.63) is 59.0 Å². The molecule has 0 N–H and O–H groups in total. The molecule has 24 heavy (non-hydrogen) atoms. The average Bonchev–Trinajstić information content (AvgIpc) is 2.59. The third kappa shape index (κ3) is 2.98. The number of ether oxygens (including phenoxy) is 2. The molecule has 0 aromatic heterocycles. The van der Waals surface area contributed by atoms with E-state index in [-0.39, 0.29) is 11.7 Å². The molecule has 1 atom stereocenters. The Hall–Kier alpha value is -3.18. The molecule has 5 heteroatoms. The van der Waals surface area contributed by atoms with Gasteiger partial charge in [0.1, 0.15) is 24.3 Å². The monoisotopic (exact) mass is 319 g/mol. The van der Waals surface area contributed by atoms with E-state index >= 15 is 0 Å². The molecule has 1 aromatic rings. The van der Waals surface area contributed by atoms with Gasteiger partial charge in [-0.15, -0.1) is 0 Å². The van der Waals surface area contributed by atoms with Gasteiger partial charge in [-0.1, -0.05) is 12.1 Å². The quantitative estimate of drug-likeness (QED) is 0.782. The summed E-state index contributed by atoms with van der Waals surface area (Å²) in [5, 5.41) is 18.1. The zero-order valence-electron chi connectivity index (χ0n) is 13.6. The molecule has 0 saturated heterocycles. The second-order valence-corrected chi connectivity index (χ2v) is 5.73. The maximum atomic E-state index is 9.03. The second kappa shape index (κ2) is 6.52. The number of hydrogen-bond acceptors (Lipinski definition) is 5. The summed E-state index contributed by atoms with van der Waals surface area (Å²) in [7, 11) is 0. The smallest absolute Gasteiger partial charge is 0.161 e. The first-order chi connectivity index (χ1) is 11.6. The topological polar surface area (TPSA) is 69.3 Å². The van der Waals surface area contributed by atoms with Crippen LogP contribution in [-0.2, 0) is 0 Å². The van der Waals surface area contributed by atoms with Crippen LogP contribution in [0.2, 0.25) is 0 Å². The summed E-state index contributed by atoms with van der Waals surface area (Å²) in [6, 6.07) is 11.5. The lowest BCUT2D eigenvalue weighted by Crippen LogP contribution is -2.40. The summed E-state index contributed by atoms with van der Waals surface area (Å²) in [6.07, 6.45) is 3.61. The highest BCUT2D eigenvalue weighted by Gasteiger charge is 2.25. The average molecular weight is 319 g/mol. The number of para-hydroxylation sites is 2. The number of hydrogen-bond donors (Lipinski definition) is 0. The minimum absolute atomic E-state index is 0.0940. The Morgan fingerprint density at radius 3 is 2.38 bits per heavy atom. The fourth-order valence-electron chi connectivity index (χ4n) is 2.87. The predicted molar refractivity (Wildman–Crippen MR) is 88.8 cm³/mol. The molecule has 1 aromatic carbocycles. The molecule has 0 radical (unpaired) electrons. The fraction of sp³-hybridized carbons (Fsp3) is 0.263. The second-order valence-electron chi connectivity index (χ2n) is 5.73. The minimum atomic E-state index is -0.0940. The van der Waals surface area contributed by atoms with Crippen molar-refractivity contribution in [2.75, 3.05) is 13.2 Å². The molecule has 0 fully saturated rings. The maximum Gasteiger partial charge on any atom is 0.161 e. The molecule has 1 unspecified atom stereocenters. The number of rotatable bonds is 2. The van der Waals surface area contributed by atoms with Gasteiger partial charge in [0, 0.05) is 17.0 Å². The number of nitriles is 2. The van der Waals surface area contributed by atoms with Crippen molar-refractivity contribution >= 4 is 0 Å². The summed E-state index contributed by atoms with van der Waals surface area (Å²) in [5.41, 5.74) is 2.71. The molecule has 2 heterocycles. The van der Waals surface area contributed by atoms with Crippen LogP contribution in [0.4, 0.5) is 0 Å². The molecular weight excluding hydrogens is 302 g/mol. The Bertz CT molecular complexity index is 799. The molecule has 2 aliphatic heterocycles. The van der Waals surface area contributed by atoms with Gasteiger partial charge in [-0.3, -0.25) is 0 Å². The van der Waals surface area contributed by atoms with Gasteiger partial charge in [0.2, 0.25) is 0 Å². The molecule has 0 saturated carbocycles. The Labute approximate surface area is 141 Å². The number of benzene rings is 1. The van der Waals surface area contributed by atoms with E-state index in [1.165, 1.54) is 0 Å². The third-order valence-corrected chi connectivity index (χ3v) is 4.05. The molecular formula is C19H17N3O2. The van der Waals surface area contributed by atoms with Gasteiger partial charge in [-0.2, -0.15) is 10.5 Å². The van der Waals surface area contributed by atoms with Gasteiger partial charge >= 0.3 is 0 Å². The molecule has 0 aliphatic carbocycles. The summed E-state index contributed by atoms with van der Waals surface area (Å²) in [4.78, 5) is 2.11. The Morgan fingerprint density at radius 2 is 1.75 bits per heavy atom. The van der Waals surface area contributed by atoms with Gasteiger partial charge < -0.3 is 14.4 Å². The van der Waals surface area contributed by atoms with Crippen molar-refractivity contribution < 1.29 is 9.47 Å². The lowest BCUT2D eigenvalue weighted by Gasteiger charge is -2.35. The van der Waals surface area contributed by atoms with E-state index in [9.17, 15) is 0 Å². The number of fused-ring (bicyclic) bond motifs is 1. The van der Waals surface area contributed by atoms with Crippen LogP contribution in [0.15, 0.2) is 59.0 Å². The van der Waals surface area contributed by atoms with E-state index in [2.05, 4.69) is 4.90 Å². The van der Waals surface area contributed by atoms with Crippen molar-refractivity contribution in [2.24, 2.45) is 0 Å². The van der Waals surface area contributed by atoms with Crippen LogP contribution in [0.5, 0.6) is 11.5 Å². The standard InChI is InChI=1S/C19H17N3O2/c1-13-7-15(16(9-20)10-21)8-14(2)22(13)11-17-12-23-18-5-3-4-6-19(18)24-17/h3-8,17H,11-12H2,1-2H3. The highest BCUT2D eigenvalue weighted by Crippen LogP contribution is 2.32. The van der Waals surface area contributed by atoms with E-state index in [1.54, 1.807) is 0 Å². The first-order valence-electron chi connectivity index (χ1n) is 7.69. The third-order valence-electron chi connectivity index (χ3n) is 4.05. The normalized spacial score (nSPS) is 18.9. The molecule has 120 valence electrons. The minimum Gasteiger partial charge on any atom is -0.486 e. The number of nitrogens with zero attached hydrogens (tertiary/aromatic N) is 3. The fourth-order valence-corrected chi connectivity index (χ4v) is 2.87. The van der Waals surface area contributed by atoms with E-state index in [1.807, 2.05) is 62.4 Å². The van der Waals surface area contributed by atoms with Gasteiger partial charge in [-0.25, -0.2) is 0 Å². The first-order valence-corrected chi connectivity index (χ1v) is 7.69. The summed E-state index contributed by atoms with van der Waals surface area (Å²) in [6.45, 7) is 5.04. The Balaban J connectivity index is 1.77. The largest absolute Gasteiger partial charge is 0.486 e. The van der Waals surface area contributed by atoms with E-state index < -0.39 is 0 Å². The highest BCUT2D eigenvalue weighted by molar-refractivity contribution is 5.53. The van der Waals surface area contributed by atoms with Crippen molar-refractivity contribution in [2.45, 2.75) is 20.0 Å². The zero-order chi connectivity index (χ0) is 17.1. The van der Waals surface area contributed by atoms with Crippen molar-refractivity contribution in [3.8, 4) is 23.6 Å². The Morgan fingerprint density at radius 1 is 1.12 bits per heavy atom. The predicted octanol–water partition coefficient (Wildman–Crippen LogP) is 3.29. The van der Waals surface area contributed by atoms with Gasteiger partial charge in [0.15, 0.2) is 17.6 Å². The summed E-state index contributed by atoms with van der Waals surface area (Å²) in [5.74, 6) is 1.52. The van der Waals surface area contributed by atoms with Crippen LogP contribution in [0, 0.1) is 22.7 Å². The molecule has 5 nitrogen and oxygen atoms in total. The van der Waals surface area contributed by atoms with Gasteiger partial charge in [-0.05, 0) is 38.1 Å². The highest BCUT2D eigenvalue weighted by atomic mass is 16.6. The van der Waals surface area contributed by atoms with Crippen LogP contribution in [-0.4, -0.2) is 24.2 Å². The summed E-state index contributed by atoms with van der Waals surface area (Å²) >= 11 is 0. The van der Waals surface area contributed by atoms with Crippen molar-refractivity contribution in [1.82, 2.24) is 4.90 Å². The Kier molecular flexibility index (Phi) is 4.26. The molecule has 0 bridgehead atoms. The van der Waals surface area contributed by atoms with Crippen molar-refractivity contribution in [3.63, 3.8) is 0 Å². The molecule has 2 aliphatic rings. The SMILES string of the molecule is CC1=CC(=C(C#N)C#N)C=C(C)N1CC1COc2ccccc2O1. The lowest BCUT2D eigenvalue weighted by molar-refractivity contribution is 0.0735. The first kappa shape index (κ1) is 15.7. The van der Waals surface area contributed by atoms with Gasteiger partial charge in [0.05, 0.1) is 6.54 Å². The molecule has 0 spiro atoms. The van der Waals surface area contributed by atoms with Crippen LogP contribution in [0.1, 0.15) is 13.8 Å². The van der Waals surface area contributed by atoms with Crippen LogP contribution in [0.3, 0.4) is 0 Å². The van der Waals surface area contributed by atoms with E-state index in [4.69, 9.17) is 20.0 Å². The van der Waals surface area contributed by atoms with E-state index in [0.29, 0.717) is 18.7 Å². The van der Waals surface area contributed by atoms with Gasteiger partial charge in [0.25, 0.3) is 0 Å². The summed E-state index contributed by atoms with van der Waals surface area (Å²) < 4.78 is 11.8. The van der Waals surface area contributed by atoms with E-state index in [0.717, 1.165) is 22.9 Å².